The van der Waals surface area contributed by atoms with Crippen molar-refractivity contribution in [2.75, 3.05) is 32.8 Å². The van der Waals surface area contributed by atoms with Crippen molar-refractivity contribution in [3.63, 3.8) is 0 Å². The lowest BCUT2D eigenvalue weighted by Crippen LogP contribution is -2.43. The zero-order valence-corrected chi connectivity index (χ0v) is 18.9. The number of nitrogens with zero attached hydrogens (tertiary/aromatic N) is 1. The van der Waals surface area contributed by atoms with Crippen molar-refractivity contribution in [2.45, 2.75) is 65.2 Å². The number of halogens is 1. The first-order valence-electron chi connectivity index (χ1n) is 10.1. The number of aliphatic hydroxyl groups excluding tert-OH is 1. The second kappa shape index (κ2) is 16.6. The minimum absolute atomic E-state index is 0. The fraction of sp³-hybridized carbons (Fsp3) is 0.895. The topological polar surface area (TPSA) is 85.8 Å². The van der Waals surface area contributed by atoms with Crippen molar-refractivity contribution in [1.82, 2.24) is 16.0 Å². The highest BCUT2D eigenvalue weighted by Crippen LogP contribution is 2.23. The highest BCUT2D eigenvalue weighted by molar-refractivity contribution is 14.0. The Kier molecular flexibility index (Phi) is 16.2. The summed E-state index contributed by atoms with van der Waals surface area (Å²) in [5.41, 5.74) is 0. The van der Waals surface area contributed by atoms with Crippen molar-refractivity contribution in [3.05, 3.63) is 0 Å². The van der Waals surface area contributed by atoms with Gasteiger partial charge in [-0.1, -0.05) is 32.6 Å². The lowest BCUT2D eigenvalue weighted by molar-refractivity contribution is -0.125. The summed E-state index contributed by atoms with van der Waals surface area (Å²) in [5.74, 6) is 1.63. The molecule has 7 heteroatoms. The fourth-order valence-electron chi connectivity index (χ4n) is 3.36. The molecule has 1 atom stereocenters. The average Bonchev–Trinajstić information content (AvgIpc) is 2.63. The smallest absolute Gasteiger partial charge is 0.223 e. The molecule has 1 aliphatic rings. The average molecular weight is 482 g/mol. The zero-order valence-electron chi connectivity index (χ0n) is 16.6. The Morgan fingerprint density at radius 3 is 2.38 bits per heavy atom. The van der Waals surface area contributed by atoms with Crippen LogP contribution in [-0.4, -0.2) is 49.8 Å². The summed E-state index contributed by atoms with van der Waals surface area (Å²) in [6.45, 7) is 7.23. The number of aliphatic hydroxyl groups is 1. The molecule has 1 aliphatic carbocycles. The lowest BCUT2D eigenvalue weighted by atomic mass is 9.89. The number of hydrogen-bond donors (Lipinski definition) is 4. The first-order chi connectivity index (χ1) is 12.2. The summed E-state index contributed by atoms with van der Waals surface area (Å²) >= 11 is 0. The Morgan fingerprint density at radius 1 is 1.08 bits per heavy atom. The van der Waals surface area contributed by atoms with Gasteiger partial charge >= 0.3 is 0 Å². The van der Waals surface area contributed by atoms with Gasteiger partial charge in [0, 0.05) is 38.7 Å². The number of carbonyl (C=O) groups is 1. The van der Waals surface area contributed by atoms with Gasteiger partial charge < -0.3 is 21.1 Å². The number of nitrogens with one attached hydrogen (secondary N) is 3. The van der Waals surface area contributed by atoms with E-state index in [-0.39, 0.29) is 42.4 Å². The third-order valence-electron chi connectivity index (χ3n) is 4.78. The molecule has 0 radical (unpaired) electrons. The monoisotopic (exact) mass is 482 g/mol. The molecular formula is C19H39IN4O2. The fourth-order valence-corrected chi connectivity index (χ4v) is 3.36. The molecular weight excluding hydrogens is 443 g/mol. The Balaban J connectivity index is 0.00000625. The summed E-state index contributed by atoms with van der Waals surface area (Å²) in [5, 5.41) is 18.7. The Bertz CT molecular complexity index is 382. The lowest BCUT2D eigenvalue weighted by Gasteiger charge is -2.21. The van der Waals surface area contributed by atoms with Crippen LogP contribution in [0.2, 0.25) is 0 Å². The molecule has 1 saturated carbocycles. The van der Waals surface area contributed by atoms with Crippen LogP contribution in [0.25, 0.3) is 0 Å². The number of aliphatic imine (C=N–C) groups is 1. The third-order valence-corrected chi connectivity index (χ3v) is 4.78. The Hall–Kier alpha value is -0.570. The molecule has 1 fully saturated rings. The van der Waals surface area contributed by atoms with Crippen molar-refractivity contribution >= 4 is 35.8 Å². The van der Waals surface area contributed by atoms with Crippen molar-refractivity contribution in [3.8, 4) is 0 Å². The van der Waals surface area contributed by atoms with Gasteiger partial charge in [-0.05, 0) is 38.5 Å². The molecule has 0 aromatic heterocycles. The zero-order chi connectivity index (χ0) is 18.3. The first kappa shape index (κ1) is 25.4. The number of carbonyl (C=O) groups excluding carboxylic acids is 1. The van der Waals surface area contributed by atoms with Gasteiger partial charge in [-0.3, -0.25) is 9.79 Å². The predicted molar refractivity (Wildman–Crippen MR) is 119 cm³/mol. The maximum Gasteiger partial charge on any atom is 0.223 e. The molecule has 0 aliphatic heterocycles. The predicted octanol–water partition coefficient (Wildman–Crippen LogP) is 2.65. The Labute approximate surface area is 176 Å². The van der Waals surface area contributed by atoms with Gasteiger partial charge in [0.05, 0.1) is 0 Å². The van der Waals surface area contributed by atoms with E-state index in [1.807, 2.05) is 6.92 Å². The summed E-state index contributed by atoms with van der Waals surface area (Å²) in [6, 6.07) is 0. The largest absolute Gasteiger partial charge is 0.396 e. The summed E-state index contributed by atoms with van der Waals surface area (Å²) in [7, 11) is 0. The number of amides is 1. The highest BCUT2D eigenvalue weighted by Gasteiger charge is 2.20. The van der Waals surface area contributed by atoms with E-state index in [2.05, 4.69) is 27.9 Å². The van der Waals surface area contributed by atoms with Gasteiger partial charge in [0.25, 0.3) is 0 Å². The van der Waals surface area contributed by atoms with Gasteiger partial charge in [0.15, 0.2) is 5.96 Å². The van der Waals surface area contributed by atoms with Crippen LogP contribution in [0.1, 0.15) is 65.2 Å². The number of rotatable bonds is 11. The van der Waals surface area contributed by atoms with E-state index in [1.54, 1.807) is 0 Å². The van der Waals surface area contributed by atoms with E-state index in [1.165, 1.54) is 19.3 Å². The summed E-state index contributed by atoms with van der Waals surface area (Å²) in [4.78, 5) is 16.7. The molecule has 0 aromatic carbocycles. The van der Waals surface area contributed by atoms with Crippen LogP contribution >= 0.6 is 24.0 Å². The van der Waals surface area contributed by atoms with Crippen LogP contribution in [0.15, 0.2) is 4.99 Å². The van der Waals surface area contributed by atoms with Crippen molar-refractivity contribution in [1.29, 1.82) is 0 Å². The van der Waals surface area contributed by atoms with E-state index in [9.17, 15) is 4.79 Å². The molecule has 0 spiro atoms. The highest BCUT2D eigenvalue weighted by atomic mass is 127. The van der Waals surface area contributed by atoms with E-state index in [4.69, 9.17) is 5.11 Å². The number of guanidine groups is 1. The van der Waals surface area contributed by atoms with Crippen molar-refractivity contribution < 1.29 is 9.90 Å². The van der Waals surface area contributed by atoms with E-state index in [0.29, 0.717) is 19.0 Å². The second-order valence-corrected chi connectivity index (χ2v) is 6.94. The molecule has 26 heavy (non-hydrogen) atoms. The molecule has 0 bridgehead atoms. The van der Waals surface area contributed by atoms with Crippen LogP contribution in [0, 0.1) is 11.8 Å². The SMILES string of the molecule is CCCC(CCO)CN=C(NCC)NCCNC(=O)C1CCCCC1.I. The first-order valence-corrected chi connectivity index (χ1v) is 10.1. The Morgan fingerprint density at radius 2 is 1.77 bits per heavy atom. The van der Waals surface area contributed by atoms with Gasteiger partial charge in [-0.2, -0.15) is 0 Å². The second-order valence-electron chi connectivity index (χ2n) is 6.94. The van der Waals surface area contributed by atoms with Gasteiger partial charge in [0.1, 0.15) is 0 Å². The van der Waals surface area contributed by atoms with E-state index >= 15 is 0 Å². The normalized spacial score (nSPS) is 16.5. The van der Waals surface area contributed by atoms with Crippen LogP contribution < -0.4 is 16.0 Å². The quantitative estimate of drug-likeness (QED) is 0.158. The van der Waals surface area contributed by atoms with Crippen LogP contribution in [0.3, 0.4) is 0 Å². The van der Waals surface area contributed by atoms with Crippen LogP contribution in [0.5, 0.6) is 0 Å². The minimum Gasteiger partial charge on any atom is -0.396 e. The molecule has 0 heterocycles. The third kappa shape index (κ3) is 11.2. The molecule has 1 amide bonds. The van der Waals surface area contributed by atoms with E-state index < -0.39 is 0 Å². The summed E-state index contributed by atoms with van der Waals surface area (Å²) < 4.78 is 0. The summed E-state index contributed by atoms with van der Waals surface area (Å²) in [6.07, 6.45) is 8.69. The molecule has 4 N–H and O–H groups in total. The van der Waals surface area contributed by atoms with E-state index in [0.717, 1.165) is 51.2 Å². The molecule has 154 valence electrons. The minimum atomic E-state index is 0. The standard InChI is InChI=1S/C19H38N4O2.HI/c1-3-8-16(11-14-24)15-23-19(20-4-2)22-13-12-21-18(25)17-9-6-5-7-10-17;/h16-17,24H,3-15H2,1-2H3,(H,21,25)(H2,20,22,23);1H. The molecule has 1 unspecified atom stereocenters. The van der Waals surface area contributed by atoms with Crippen molar-refractivity contribution in [2.24, 2.45) is 16.8 Å². The molecule has 0 saturated heterocycles. The van der Waals surface area contributed by atoms with Gasteiger partial charge in [0.2, 0.25) is 5.91 Å². The molecule has 0 aromatic rings. The maximum absolute atomic E-state index is 12.1. The number of hydrogen-bond acceptors (Lipinski definition) is 3. The van der Waals surface area contributed by atoms with Crippen LogP contribution in [0.4, 0.5) is 0 Å². The maximum atomic E-state index is 12.1. The van der Waals surface area contributed by atoms with Gasteiger partial charge in [-0.15, -0.1) is 24.0 Å². The molecule has 1 rings (SSSR count). The molecule has 6 nitrogen and oxygen atoms in total. The van der Waals surface area contributed by atoms with Crippen LogP contribution in [-0.2, 0) is 4.79 Å². The van der Waals surface area contributed by atoms with Gasteiger partial charge in [-0.25, -0.2) is 0 Å².